The maximum atomic E-state index is 2.39. The molecule has 0 aliphatic heterocycles. The molecule has 0 saturated heterocycles. The van der Waals surface area contributed by atoms with Crippen LogP contribution in [0, 0.1) is 13.8 Å². The van der Waals surface area contributed by atoms with Crippen molar-refractivity contribution in [1.29, 1.82) is 0 Å². The van der Waals surface area contributed by atoms with E-state index in [1.807, 2.05) is 0 Å². The number of aryl methyl sites for hydroxylation is 3. The predicted molar refractivity (Wildman–Crippen MR) is 57.3 cm³/mol. The minimum absolute atomic E-state index is 0.411. The summed E-state index contributed by atoms with van der Waals surface area (Å²) in [5.41, 5.74) is 6.45. The molecule has 0 amide bonds. The van der Waals surface area contributed by atoms with Crippen molar-refractivity contribution >= 4 is 0 Å². The number of fused-ring (bicyclic) bond motifs is 1. The summed E-state index contributed by atoms with van der Waals surface area (Å²) in [5, 5.41) is 0. The molecule has 2 rings (SSSR count). The van der Waals surface area contributed by atoms with Crippen molar-refractivity contribution in [3.63, 3.8) is 0 Å². The lowest BCUT2D eigenvalue weighted by atomic mass is 9.85. The van der Waals surface area contributed by atoms with E-state index >= 15 is 0 Å². The minimum Gasteiger partial charge on any atom is -0.0558 e. The standard InChI is InChI=1S/C13H18/c1-9-7-11-5-6-13(3,4)12(11)8-10(9)2/h7-8H,5-6H2,1-4H3. The molecule has 0 saturated carbocycles. The van der Waals surface area contributed by atoms with Gasteiger partial charge in [0.05, 0.1) is 0 Å². The van der Waals surface area contributed by atoms with Gasteiger partial charge in [0.1, 0.15) is 0 Å². The van der Waals surface area contributed by atoms with E-state index in [9.17, 15) is 0 Å². The van der Waals surface area contributed by atoms with E-state index in [2.05, 4.69) is 39.8 Å². The molecule has 70 valence electrons. The van der Waals surface area contributed by atoms with Crippen LogP contribution in [0.3, 0.4) is 0 Å². The Balaban J connectivity index is 2.61. The third-order valence-electron chi connectivity index (χ3n) is 3.47. The molecule has 0 heteroatoms. The average Bonchev–Trinajstić information content (AvgIpc) is 2.31. The van der Waals surface area contributed by atoms with Gasteiger partial charge in [-0.3, -0.25) is 0 Å². The number of benzene rings is 1. The zero-order chi connectivity index (χ0) is 9.64. The van der Waals surface area contributed by atoms with Gasteiger partial charge in [0, 0.05) is 0 Å². The highest BCUT2D eigenvalue weighted by atomic mass is 14.3. The van der Waals surface area contributed by atoms with Gasteiger partial charge in [-0.1, -0.05) is 26.0 Å². The quantitative estimate of drug-likeness (QED) is 0.564. The summed E-state index contributed by atoms with van der Waals surface area (Å²) >= 11 is 0. The van der Waals surface area contributed by atoms with Gasteiger partial charge in [0.15, 0.2) is 0 Å². The SMILES string of the molecule is Cc1cc2c(cc1C)C(C)(C)CC2. The number of rotatable bonds is 0. The highest BCUT2D eigenvalue weighted by Gasteiger charge is 2.29. The van der Waals surface area contributed by atoms with Crippen LogP contribution in [0.1, 0.15) is 42.5 Å². The first-order valence-electron chi connectivity index (χ1n) is 5.11. The Bertz CT molecular complexity index is 345. The third kappa shape index (κ3) is 1.29. The second kappa shape index (κ2) is 2.60. The fraction of sp³-hybridized carbons (Fsp3) is 0.538. The average molecular weight is 174 g/mol. The van der Waals surface area contributed by atoms with Crippen molar-refractivity contribution in [2.24, 2.45) is 0 Å². The molecule has 0 spiro atoms. The lowest BCUT2D eigenvalue weighted by molar-refractivity contribution is 0.522. The second-order valence-electron chi connectivity index (χ2n) is 4.98. The van der Waals surface area contributed by atoms with Crippen LogP contribution in [0.4, 0.5) is 0 Å². The van der Waals surface area contributed by atoms with Gasteiger partial charge in [-0.05, 0) is 54.4 Å². The molecule has 0 nitrogen and oxygen atoms in total. The van der Waals surface area contributed by atoms with Crippen LogP contribution in [-0.4, -0.2) is 0 Å². The molecule has 0 N–H and O–H groups in total. The van der Waals surface area contributed by atoms with Crippen molar-refractivity contribution < 1.29 is 0 Å². The first kappa shape index (κ1) is 8.80. The molecular weight excluding hydrogens is 156 g/mol. The molecule has 13 heavy (non-hydrogen) atoms. The summed E-state index contributed by atoms with van der Waals surface area (Å²) in [5.74, 6) is 0. The fourth-order valence-electron chi connectivity index (χ4n) is 2.29. The van der Waals surface area contributed by atoms with E-state index in [4.69, 9.17) is 0 Å². The zero-order valence-electron chi connectivity index (χ0n) is 9.07. The summed E-state index contributed by atoms with van der Waals surface area (Å²) < 4.78 is 0. The Morgan fingerprint density at radius 1 is 1.08 bits per heavy atom. The van der Waals surface area contributed by atoms with Crippen molar-refractivity contribution in [3.8, 4) is 0 Å². The summed E-state index contributed by atoms with van der Waals surface area (Å²) in [6.45, 7) is 9.13. The lowest BCUT2D eigenvalue weighted by Gasteiger charge is -2.19. The van der Waals surface area contributed by atoms with Crippen LogP contribution in [-0.2, 0) is 11.8 Å². The van der Waals surface area contributed by atoms with E-state index in [1.54, 1.807) is 11.1 Å². The smallest absolute Gasteiger partial charge is 0.00976 e. The summed E-state index contributed by atoms with van der Waals surface area (Å²) in [6.07, 6.45) is 2.58. The normalized spacial score (nSPS) is 18.8. The van der Waals surface area contributed by atoms with Crippen molar-refractivity contribution in [2.75, 3.05) is 0 Å². The van der Waals surface area contributed by atoms with Gasteiger partial charge in [-0.15, -0.1) is 0 Å². The van der Waals surface area contributed by atoms with Gasteiger partial charge >= 0.3 is 0 Å². The minimum atomic E-state index is 0.411. The predicted octanol–water partition coefficient (Wildman–Crippen LogP) is 3.53. The Labute approximate surface area is 81.0 Å². The van der Waals surface area contributed by atoms with E-state index in [0.29, 0.717) is 5.41 Å². The molecule has 0 unspecified atom stereocenters. The molecule has 1 aliphatic carbocycles. The summed E-state index contributed by atoms with van der Waals surface area (Å²) in [7, 11) is 0. The monoisotopic (exact) mass is 174 g/mol. The van der Waals surface area contributed by atoms with E-state index < -0.39 is 0 Å². The van der Waals surface area contributed by atoms with Gasteiger partial charge in [-0.25, -0.2) is 0 Å². The Morgan fingerprint density at radius 2 is 1.69 bits per heavy atom. The van der Waals surface area contributed by atoms with Crippen LogP contribution in [0.15, 0.2) is 12.1 Å². The third-order valence-corrected chi connectivity index (χ3v) is 3.47. The van der Waals surface area contributed by atoms with Crippen molar-refractivity contribution in [1.82, 2.24) is 0 Å². The topological polar surface area (TPSA) is 0 Å². The van der Waals surface area contributed by atoms with E-state index in [-0.39, 0.29) is 0 Å². The zero-order valence-corrected chi connectivity index (χ0v) is 9.07. The molecule has 0 atom stereocenters. The molecule has 0 radical (unpaired) electrons. The van der Waals surface area contributed by atoms with E-state index in [0.717, 1.165) is 0 Å². The lowest BCUT2D eigenvalue weighted by Crippen LogP contribution is -2.12. The molecule has 1 aromatic carbocycles. The van der Waals surface area contributed by atoms with Crippen LogP contribution in [0.25, 0.3) is 0 Å². The first-order chi connectivity index (χ1) is 6.00. The Hall–Kier alpha value is -0.780. The van der Waals surface area contributed by atoms with Gasteiger partial charge in [0.2, 0.25) is 0 Å². The van der Waals surface area contributed by atoms with Crippen LogP contribution < -0.4 is 0 Å². The largest absolute Gasteiger partial charge is 0.0558 e. The fourth-order valence-corrected chi connectivity index (χ4v) is 2.29. The van der Waals surface area contributed by atoms with Crippen LogP contribution >= 0.6 is 0 Å². The highest BCUT2D eigenvalue weighted by Crippen LogP contribution is 2.39. The molecule has 0 fully saturated rings. The van der Waals surface area contributed by atoms with Crippen LogP contribution in [0.2, 0.25) is 0 Å². The maximum Gasteiger partial charge on any atom is -0.00976 e. The number of hydrogen-bond acceptors (Lipinski definition) is 0. The summed E-state index contributed by atoms with van der Waals surface area (Å²) in [6, 6.07) is 4.76. The van der Waals surface area contributed by atoms with Gasteiger partial charge < -0.3 is 0 Å². The number of hydrogen-bond donors (Lipinski definition) is 0. The Kier molecular flexibility index (Phi) is 1.76. The molecular formula is C13H18. The molecule has 0 bridgehead atoms. The summed E-state index contributed by atoms with van der Waals surface area (Å²) in [4.78, 5) is 0. The van der Waals surface area contributed by atoms with Crippen LogP contribution in [0.5, 0.6) is 0 Å². The molecule has 0 heterocycles. The second-order valence-corrected chi connectivity index (χ2v) is 4.98. The Morgan fingerprint density at radius 3 is 2.38 bits per heavy atom. The first-order valence-corrected chi connectivity index (χ1v) is 5.11. The van der Waals surface area contributed by atoms with E-state index in [1.165, 1.54) is 24.0 Å². The molecule has 1 aliphatic rings. The van der Waals surface area contributed by atoms with Crippen molar-refractivity contribution in [2.45, 2.75) is 46.0 Å². The molecule has 1 aromatic rings. The van der Waals surface area contributed by atoms with Crippen molar-refractivity contribution in [3.05, 3.63) is 34.4 Å². The van der Waals surface area contributed by atoms with Gasteiger partial charge in [-0.2, -0.15) is 0 Å². The maximum absolute atomic E-state index is 2.39. The van der Waals surface area contributed by atoms with Gasteiger partial charge in [0.25, 0.3) is 0 Å². The highest BCUT2D eigenvalue weighted by molar-refractivity contribution is 5.44. The molecule has 0 aromatic heterocycles.